The SMILES string of the molecule is CC(=O)OC1(c2cccc([N+](=O)[O-])c2)OCCc2c1[nH]c1cccc(Cl)c21. The average Bonchev–Trinajstić information content (AvgIpc) is 3.02. The number of esters is 1. The van der Waals surface area contributed by atoms with E-state index in [0.717, 1.165) is 16.5 Å². The van der Waals surface area contributed by atoms with Crippen molar-refractivity contribution in [2.45, 2.75) is 19.1 Å². The fraction of sp³-hybridized carbons (Fsp3) is 0.211. The van der Waals surface area contributed by atoms with Crippen LogP contribution in [0.1, 0.15) is 23.7 Å². The third-order valence-electron chi connectivity index (χ3n) is 4.59. The van der Waals surface area contributed by atoms with Crippen LogP contribution in [0.15, 0.2) is 42.5 Å². The molecule has 0 saturated carbocycles. The van der Waals surface area contributed by atoms with Crippen molar-refractivity contribution < 1.29 is 19.2 Å². The van der Waals surface area contributed by atoms with Crippen molar-refractivity contribution >= 4 is 34.2 Å². The van der Waals surface area contributed by atoms with Gasteiger partial charge in [0.2, 0.25) is 0 Å². The van der Waals surface area contributed by atoms with E-state index < -0.39 is 16.7 Å². The molecule has 0 bridgehead atoms. The van der Waals surface area contributed by atoms with Crippen molar-refractivity contribution in [1.29, 1.82) is 0 Å². The maximum atomic E-state index is 11.9. The number of non-ortho nitro benzene ring substituents is 1. The highest BCUT2D eigenvalue weighted by molar-refractivity contribution is 6.35. The van der Waals surface area contributed by atoms with Crippen LogP contribution in [-0.4, -0.2) is 22.5 Å². The topological polar surface area (TPSA) is 94.5 Å². The number of nitrogens with one attached hydrogen (secondary N) is 1. The first-order chi connectivity index (χ1) is 12.9. The highest BCUT2D eigenvalue weighted by atomic mass is 35.5. The Morgan fingerprint density at radius 1 is 1.33 bits per heavy atom. The number of fused-ring (bicyclic) bond motifs is 3. The van der Waals surface area contributed by atoms with E-state index in [1.165, 1.54) is 25.1 Å². The molecular formula is C19H15ClN2O5. The van der Waals surface area contributed by atoms with Crippen molar-refractivity contribution in [2.75, 3.05) is 6.61 Å². The minimum atomic E-state index is -1.60. The fourth-order valence-electron chi connectivity index (χ4n) is 3.56. The first-order valence-corrected chi connectivity index (χ1v) is 8.68. The normalized spacial score (nSPS) is 18.9. The average molecular weight is 387 g/mol. The van der Waals surface area contributed by atoms with Crippen LogP contribution in [0.5, 0.6) is 0 Å². The molecule has 1 atom stereocenters. The van der Waals surface area contributed by atoms with Crippen LogP contribution in [0, 0.1) is 10.1 Å². The number of nitro benzene ring substituents is 1. The second-order valence-corrected chi connectivity index (χ2v) is 6.66. The van der Waals surface area contributed by atoms with Gasteiger partial charge in [0.1, 0.15) is 0 Å². The lowest BCUT2D eigenvalue weighted by Gasteiger charge is -2.36. The lowest BCUT2D eigenvalue weighted by atomic mass is 9.94. The predicted molar refractivity (Wildman–Crippen MR) is 98.6 cm³/mol. The number of hydrogen-bond donors (Lipinski definition) is 1. The molecule has 0 spiro atoms. The standard InChI is InChI=1S/C19H15ClN2O5/c1-11(23)27-19(12-4-2-5-13(10-12)22(24)25)18-14(8-9-26-19)17-15(20)6-3-7-16(17)21-18/h2-7,10,21H,8-9H2,1H3. The second-order valence-electron chi connectivity index (χ2n) is 6.26. The lowest BCUT2D eigenvalue weighted by Crippen LogP contribution is -2.40. The molecule has 0 saturated heterocycles. The summed E-state index contributed by atoms with van der Waals surface area (Å²) in [6.07, 6.45) is 0.566. The minimum Gasteiger partial charge on any atom is -0.422 e. The monoisotopic (exact) mass is 386 g/mol. The smallest absolute Gasteiger partial charge is 0.305 e. The number of hydrogen-bond acceptors (Lipinski definition) is 5. The number of aromatic nitrogens is 1. The maximum Gasteiger partial charge on any atom is 0.305 e. The number of nitrogens with zero attached hydrogens (tertiary/aromatic N) is 1. The Hall–Kier alpha value is -2.90. The molecule has 2 aromatic carbocycles. The summed E-state index contributed by atoms with van der Waals surface area (Å²) in [6.45, 7) is 1.54. The van der Waals surface area contributed by atoms with Gasteiger partial charge in [-0.1, -0.05) is 29.8 Å². The molecule has 7 nitrogen and oxygen atoms in total. The van der Waals surface area contributed by atoms with Crippen LogP contribution in [-0.2, 0) is 26.5 Å². The molecule has 1 aliphatic heterocycles. The molecule has 0 aliphatic carbocycles. The van der Waals surface area contributed by atoms with E-state index in [-0.39, 0.29) is 12.3 Å². The molecule has 0 fully saturated rings. The number of aromatic amines is 1. The van der Waals surface area contributed by atoms with Crippen molar-refractivity contribution in [1.82, 2.24) is 4.98 Å². The van der Waals surface area contributed by atoms with Crippen molar-refractivity contribution in [2.24, 2.45) is 0 Å². The number of benzene rings is 2. The van der Waals surface area contributed by atoms with Gasteiger partial charge in [0.05, 0.1) is 22.2 Å². The summed E-state index contributed by atoms with van der Waals surface area (Å²) in [5.74, 6) is -2.17. The van der Waals surface area contributed by atoms with Crippen LogP contribution in [0.2, 0.25) is 5.02 Å². The Morgan fingerprint density at radius 3 is 2.85 bits per heavy atom. The summed E-state index contributed by atoms with van der Waals surface area (Å²) in [5.41, 5.74) is 2.40. The maximum absolute atomic E-state index is 11.9. The van der Waals surface area contributed by atoms with E-state index in [9.17, 15) is 14.9 Å². The Labute approximate surface area is 159 Å². The van der Waals surface area contributed by atoms with Crippen molar-refractivity contribution in [3.05, 3.63) is 74.4 Å². The van der Waals surface area contributed by atoms with Crippen molar-refractivity contribution in [3.8, 4) is 0 Å². The van der Waals surface area contributed by atoms with Gasteiger partial charge >= 0.3 is 5.97 Å². The number of carbonyl (C=O) groups is 1. The summed E-state index contributed by atoms with van der Waals surface area (Å²) in [4.78, 5) is 25.9. The van der Waals surface area contributed by atoms with Gasteiger partial charge in [0.15, 0.2) is 0 Å². The molecule has 1 N–H and O–H groups in total. The Kier molecular flexibility index (Phi) is 4.13. The number of nitro groups is 1. The molecule has 0 radical (unpaired) electrons. The zero-order valence-corrected chi connectivity index (χ0v) is 15.1. The van der Waals surface area contributed by atoms with Crippen LogP contribution in [0.25, 0.3) is 10.9 Å². The molecule has 8 heteroatoms. The summed E-state index contributed by atoms with van der Waals surface area (Å²) in [5, 5.41) is 12.6. The van der Waals surface area contributed by atoms with E-state index in [1.807, 2.05) is 12.1 Å². The first-order valence-electron chi connectivity index (χ1n) is 8.30. The van der Waals surface area contributed by atoms with Gasteiger partial charge in [-0.2, -0.15) is 0 Å². The zero-order valence-electron chi connectivity index (χ0n) is 14.3. The molecule has 1 unspecified atom stereocenters. The van der Waals surface area contributed by atoms with Gasteiger partial charge in [0.25, 0.3) is 11.5 Å². The molecule has 2 heterocycles. The van der Waals surface area contributed by atoms with Gasteiger partial charge in [0, 0.05) is 35.5 Å². The molecule has 0 amide bonds. The summed E-state index contributed by atoms with van der Waals surface area (Å²) >= 11 is 6.39. The first kappa shape index (κ1) is 17.5. The Balaban J connectivity index is 2.01. The van der Waals surface area contributed by atoms with Crippen LogP contribution < -0.4 is 0 Å². The van der Waals surface area contributed by atoms with Gasteiger partial charge in [-0.05, 0) is 24.1 Å². The minimum absolute atomic E-state index is 0.121. The van der Waals surface area contributed by atoms with E-state index >= 15 is 0 Å². The third kappa shape index (κ3) is 2.75. The predicted octanol–water partition coefficient (Wildman–Crippen LogP) is 4.07. The third-order valence-corrected chi connectivity index (χ3v) is 4.90. The molecule has 1 aromatic heterocycles. The quantitative estimate of drug-likeness (QED) is 0.416. The molecule has 27 heavy (non-hydrogen) atoms. The summed E-state index contributed by atoms with van der Waals surface area (Å²) in [7, 11) is 0. The molecule has 1 aliphatic rings. The Bertz CT molecular complexity index is 1080. The zero-order chi connectivity index (χ0) is 19.2. The molecular weight excluding hydrogens is 372 g/mol. The van der Waals surface area contributed by atoms with Crippen molar-refractivity contribution in [3.63, 3.8) is 0 Å². The highest BCUT2D eigenvalue weighted by Gasteiger charge is 2.46. The van der Waals surface area contributed by atoms with E-state index in [0.29, 0.717) is 22.7 Å². The van der Waals surface area contributed by atoms with Crippen LogP contribution >= 0.6 is 11.6 Å². The molecule has 3 aromatic rings. The van der Waals surface area contributed by atoms with Gasteiger partial charge < -0.3 is 14.5 Å². The number of carbonyl (C=O) groups excluding carboxylic acids is 1. The van der Waals surface area contributed by atoms with Gasteiger partial charge in [-0.25, -0.2) is 0 Å². The van der Waals surface area contributed by atoms with Gasteiger partial charge in [-0.15, -0.1) is 0 Å². The molecule has 138 valence electrons. The van der Waals surface area contributed by atoms with E-state index in [4.69, 9.17) is 21.1 Å². The number of rotatable bonds is 3. The number of ether oxygens (including phenoxy) is 2. The number of H-pyrrole nitrogens is 1. The highest BCUT2D eigenvalue weighted by Crippen LogP contribution is 2.44. The second kappa shape index (κ2) is 6.37. The van der Waals surface area contributed by atoms with E-state index in [1.54, 1.807) is 12.1 Å². The van der Waals surface area contributed by atoms with Crippen LogP contribution in [0.3, 0.4) is 0 Å². The number of halogens is 1. The summed E-state index contributed by atoms with van der Waals surface area (Å²) in [6, 6.07) is 11.4. The lowest BCUT2D eigenvalue weighted by molar-refractivity contribution is -0.385. The Morgan fingerprint density at radius 2 is 2.11 bits per heavy atom. The van der Waals surface area contributed by atoms with E-state index in [2.05, 4.69) is 4.98 Å². The van der Waals surface area contributed by atoms with Crippen LogP contribution in [0.4, 0.5) is 5.69 Å². The van der Waals surface area contributed by atoms with Gasteiger partial charge in [-0.3, -0.25) is 14.9 Å². The summed E-state index contributed by atoms with van der Waals surface area (Å²) < 4.78 is 11.6. The largest absolute Gasteiger partial charge is 0.422 e. The molecule has 4 rings (SSSR count). The fourth-order valence-corrected chi connectivity index (χ4v) is 3.85.